The van der Waals surface area contributed by atoms with Crippen molar-refractivity contribution in [3.63, 3.8) is 0 Å². The fraction of sp³-hybridized carbons (Fsp3) is 0.600. The van der Waals surface area contributed by atoms with Crippen LogP contribution in [0.15, 0.2) is 18.6 Å². The molecule has 0 aliphatic carbocycles. The molecule has 1 aromatic heterocycles. The van der Waals surface area contributed by atoms with Crippen LogP contribution < -0.4 is 10.6 Å². The van der Waals surface area contributed by atoms with E-state index >= 15 is 0 Å². The zero-order chi connectivity index (χ0) is 10.0. The van der Waals surface area contributed by atoms with E-state index < -0.39 is 0 Å². The molecule has 0 bridgehead atoms. The first-order valence-electron chi connectivity index (χ1n) is 5.03. The van der Waals surface area contributed by atoms with Crippen molar-refractivity contribution in [3.8, 4) is 0 Å². The highest BCUT2D eigenvalue weighted by atomic mass is 15.3. The molecule has 1 fully saturated rings. The summed E-state index contributed by atoms with van der Waals surface area (Å²) in [5.74, 6) is 0.935. The Hall–Kier alpha value is -1.16. The van der Waals surface area contributed by atoms with Gasteiger partial charge in [-0.15, -0.1) is 0 Å². The lowest BCUT2D eigenvalue weighted by Crippen LogP contribution is -2.67. The summed E-state index contributed by atoms with van der Waals surface area (Å²) in [5, 5.41) is 0. The molecule has 4 heteroatoms. The second-order valence-electron chi connectivity index (χ2n) is 4.03. The van der Waals surface area contributed by atoms with Crippen LogP contribution in [-0.4, -0.2) is 28.6 Å². The van der Waals surface area contributed by atoms with Crippen molar-refractivity contribution >= 4 is 5.82 Å². The number of nitrogens with two attached hydrogens (primary N) is 1. The molecule has 2 heterocycles. The Morgan fingerprint density at radius 3 is 2.86 bits per heavy atom. The lowest BCUT2D eigenvalue weighted by atomic mass is 9.86. The van der Waals surface area contributed by atoms with E-state index in [1.165, 1.54) is 0 Å². The zero-order valence-electron chi connectivity index (χ0n) is 8.48. The van der Waals surface area contributed by atoms with E-state index in [-0.39, 0.29) is 5.54 Å². The van der Waals surface area contributed by atoms with Crippen LogP contribution in [0.5, 0.6) is 0 Å². The summed E-state index contributed by atoms with van der Waals surface area (Å²) in [6.07, 6.45) is 7.41. The summed E-state index contributed by atoms with van der Waals surface area (Å²) < 4.78 is 0. The standard InChI is InChI=1S/C10H16N4/c1-2-3-10(11)7-14(8-10)9-6-12-4-5-13-9/h4-6H,2-3,7-8,11H2,1H3. The van der Waals surface area contributed by atoms with E-state index in [4.69, 9.17) is 5.73 Å². The van der Waals surface area contributed by atoms with Gasteiger partial charge in [0.2, 0.25) is 0 Å². The van der Waals surface area contributed by atoms with Crippen LogP contribution in [0.3, 0.4) is 0 Å². The second-order valence-corrected chi connectivity index (χ2v) is 4.03. The predicted molar refractivity (Wildman–Crippen MR) is 56.1 cm³/mol. The summed E-state index contributed by atoms with van der Waals surface area (Å²) in [6, 6.07) is 0. The van der Waals surface area contributed by atoms with Crippen molar-refractivity contribution in [1.82, 2.24) is 9.97 Å². The number of aromatic nitrogens is 2. The maximum Gasteiger partial charge on any atom is 0.147 e. The molecule has 1 aliphatic heterocycles. The van der Waals surface area contributed by atoms with Crippen LogP contribution in [0.25, 0.3) is 0 Å². The van der Waals surface area contributed by atoms with Crippen LogP contribution in [-0.2, 0) is 0 Å². The highest BCUT2D eigenvalue weighted by molar-refractivity contribution is 5.42. The van der Waals surface area contributed by atoms with Gasteiger partial charge in [0.1, 0.15) is 5.82 Å². The molecule has 0 amide bonds. The average molecular weight is 192 g/mol. The van der Waals surface area contributed by atoms with Crippen molar-refractivity contribution < 1.29 is 0 Å². The maximum absolute atomic E-state index is 6.15. The van der Waals surface area contributed by atoms with Gasteiger partial charge in [-0.1, -0.05) is 13.3 Å². The van der Waals surface area contributed by atoms with Gasteiger partial charge in [-0.25, -0.2) is 4.98 Å². The van der Waals surface area contributed by atoms with Gasteiger partial charge in [-0.3, -0.25) is 4.98 Å². The first kappa shape index (κ1) is 9.40. The summed E-state index contributed by atoms with van der Waals surface area (Å²) in [7, 11) is 0. The smallest absolute Gasteiger partial charge is 0.147 e. The predicted octanol–water partition coefficient (Wildman–Crippen LogP) is 0.794. The highest BCUT2D eigenvalue weighted by Gasteiger charge is 2.39. The number of hydrogen-bond donors (Lipinski definition) is 1. The van der Waals surface area contributed by atoms with E-state index in [2.05, 4.69) is 21.8 Å². The lowest BCUT2D eigenvalue weighted by molar-refractivity contribution is 0.305. The molecule has 1 aromatic rings. The van der Waals surface area contributed by atoms with Gasteiger partial charge in [0, 0.05) is 25.5 Å². The second kappa shape index (κ2) is 3.53. The minimum atomic E-state index is 0.00622. The molecule has 0 saturated carbocycles. The molecule has 2 rings (SSSR count). The number of rotatable bonds is 3. The average Bonchev–Trinajstić information content (AvgIpc) is 2.16. The minimum Gasteiger partial charge on any atom is -0.352 e. The quantitative estimate of drug-likeness (QED) is 0.769. The Morgan fingerprint density at radius 2 is 2.29 bits per heavy atom. The largest absolute Gasteiger partial charge is 0.352 e. The van der Waals surface area contributed by atoms with Crippen molar-refractivity contribution in [2.45, 2.75) is 25.3 Å². The zero-order valence-corrected chi connectivity index (χ0v) is 8.48. The summed E-state index contributed by atoms with van der Waals surface area (Å²) in [4.78, 5) is 10.4. The molecule has 0 aromatic carbocycles. The Balaban J connectivity index is 1.95. The fourth-order valence-electron chi connectivity index (χ4n) is 1.99. The summed E-state index contributed by atoms with van der Waals surface area (Å²) >= 11 is 0. The highest BCUT2D eigenvalue weighted by Crippen LogP contribution is 2.26. The van der Waals surface area contributed by atoms with E-state index in [0.717, 1.165) is 31.7 Å². The molecule has 0 atom stereocenters. The maximum atomic E-state index is 6.15. The molecule has 2 N–H and O–H groups in total. The molecule has 0 spiro atoms. The SMILES string of the molecule is CCCC1(N)CN(c2cnccn2)C1. The number of nitrogens with zero attached hydrogens (tertiary/aromatic N) is 3. The molecule has 76 valence electrons. The third-order valence-electron chi connectivity index (χ3n) is 2.63. The van der Waals surface area contributed by atoms with Gasteiger partial charge in [-0.2, -0.15) is 0 Å². The van der Waals surface area contributed by atoms with Gasteiger partial charge >= 0.3 is 0 Å². The molecular weight excluding hydrogens is 176 g/mol. The first-order chi connectivity index (χ1) is 6.73. The Labute approximate surface area is 84.2 Å². The van der Waals surface area contributed by atoms with E-state index in [0.29, 0.717) is 0 Å². The Kier molecular flexibility index (Phi) is 2.37. The summed E-state index contributed by atoms with van der Waals surface area (Å²) in [6.45, 7) is 3.97. The Bertz CT molecular complexity index is 292. The normalized spacial score (nSPS) is 19.1. The van der Waals surface area contributed by atoms with Gasteiger partial charge in [-0.05, 0) is 6.42 Å². The van der Waals surface area contributed by atoms with Crippen LogP contribution in [0.4, 0.5) is 5.82 Å². The topological polar surface area (TPSA) is 55.0 Å². The lowest BCUT2D eigenvalue weighted by Gasteiger charge is -2.48. The number of hydrogen-bond acceptors (Lipinski definition) is 4. The van der Waals surface area contributed by atoms with Crippen LogP contribution in [0, 0.1) is 0 Å². The molecule has 1 saturated heterocycles. The number of anilines is 1. The van der Waals surface area contributed by atoms with Crippen LogP contribution in [0.2, 0.25) is 0 Å². The van der Waals surface area contributed by atoms with E-state index in [1.807, 2.05) is 0 Å². The molecule has 0 unspecified atom stereocenters. The third kappa shape index (κ3) is 1.70. The fourth-order valence-corrected chi connectivity index (χ4v) is 1.99. The van der Waals surface area contributed by atoms with Crippen LogP contribution in [0.1, 0.15) is 19.8 Å². The van der Waals surface area contributed by atoms with Crippen molar-refractivity contribution in [3.05, 3.63) is 18.6 Å². The molecule has 14 heavy (non-hydrogen) atoms. The van der Waals surface area contributed by atoms with Gasteiger partial charge in [0.25, 0.3) is 0 Å². The van der Waals surface area contributed by atoms with Gasteiger partial charge in [0.15, 0.2) is 0 Å². The van der Waals surface area contributed by atoms with Crippen molar-refractivity contribution in [2.24, 2.45) is 5.73 Å². The summed E-state index contributed by atoms with van der Waals surface area (Å²) in [5.41, 5.74) is 6.16. The first-order valence-corrected chi connectivity index (χ1v) is 5.03. The molecule has 1 aliphatic rings. The molecular formula is C10H16N4. The van der Waals surface area contributed by atoms with E-state index in [1.54, 1.807) is 18.6 Å². The van der Waals surface area contributed by atoms with Crippen molar-refractivity contribution in [2.75, 3.05) is 18.0 Å². The minimum absolute atomic E-state index is 0.00622. The van der Waals surface area contributed by atoms with E-state index in [9.17, 15) is 0 Å². The van der Waals surface area contributed by atoms with Gasteiger partial charge < -0.3 is 10.6 Å². The van der Waals surface area contributed by atoms with Crippen molar-refractivity contribution in [1.29, 1.82) is 0 Å². The third-order valence-corrected chi connectivity index (χ3v) is 2.63. The monoisotopic (exact) mass is 192 g/mol. The molecule has 0 radical (unpaired) electrons. The molecule has 4 nitrogen and oxygen atoms in total. The van der Waals surface area contributed by atoms with Crippen LogP contribution >= 0.6 is 0 Å². The Morgan fingerprint density at radius 1 is 1.50 bits per heavy atom. The van der Waals surface area contributed by atoms with Gasteiger partial charge in [0.05, 0.1) is 11.7 Å².